The van der Waals surface area contributed by atoms with Crippen LogP contribution in [0.2, 0.25) is 5.02 Å². The SMILES string of the molecule is C=C/C=C\C(=C/C)c1ccccc1-c1c(C)n(CC(=O)NC2CN(C(=O)C=C)C2)c2ccc(Cl)cc12. The van der Waals surface area contributed by atoms with Crippen molar-refractivity contribution in [2.75, 3.05) is 13.1 Å². The lowest BCUT2D eigenvalue weighted by molar-refractivity contribution is -0.133. The first-order valence-electron chi connectivity index (χ1n) is 11.9. The van der Waals surface area contributed by atoms with Crippen molar-refractivity contribution < 1.29 is 9.59 Å². The van der Waals surface area contributed by atoms with Crippen molar-refractivity contribution in [3.63, 3.8) is 0 Å². The summed E-state index contributed by atoms with van der Waals surface area (Å²) in [6.07, 6.45) is 9.10. The smallest absolute Gasteiger partial charge is 0.246 e. The Morgan fingerprint density at radius 1 is 1.17 bits per heavy atom. The number of benzene rings is 2. The van der Waals surface area contributed by atoms with E-state index in [1.807, 2.05) is 60.9 Å². The maximum Gasteiger partial charge on any atom is 0.246 e. The predicted molar refractivity (Wildman–Crippen MR) is 149 cm³/mol. The zero-order valence-corrected chi connectivity index (χ0v) is 21.4. The van der Waals surface area contributed by atoms with Gasteiger partial charge in [-0.3, -0.25) is 9.59 Å². The van der Waals surface area contributed by atoms with Crippen LogP contribution in [0.1, 0.15) is 18.2 Å². The Morgan fingerprint density at radius 2 is 1.92 bits per heavy atom. The van der Waals surface area contributed by atoms with E-state index in [2.05, 4.69) is 36.7 Å². The largest absolute Gasteiger partial charge is 0.348 e. The van der Waals surface area contributed by atoms with E-state index in [1.165, 1.54) is 6.08 Å². The average molecular weight is 500 g/mol. The molecule has 1 aliphatic heterocycles. The van der Waals surface area contributed by atoms with E-state index in [0.717, 1.165) is 38.9 Å². The van der Waals surface area contributed by atoms with Gasteiger partial charge in [-0.05, 0) is 54.8 Å². The highest BCUT2D eigenvalue weighted by atomic mass is 35.5. The molecule has 5 nitrogen and oxygen atoms in total. The first-order valence-corrected chi connectivity index (χ1v) is 12.3. The Bertz CT molecular complexity index is 1410. The van der Waals surface area contributed by atoms with Crippen molar-refractivity contribution in [3.8, 4) is 11.1 Å². The predicted octanol–water partition coefficient (Wildman–Crippen LogP) is 5.93. The molecule has 3 aromatic rings. The number of likely N-dealkylation sites (tertiary alicyclic amines) is 1. The Morgan fingerprint density at radius 3 is 2.61 bits per heavy atom. The first kappa shape index (κ1) is 25.3. The highest BCUT2D eigenvalue weighted by Gasteiger charge is 2.30. The summed E-state index contributed by atoms with van der Waals surface area (Å²) >= 11 is 6.43. The van der Waals surface area contributed by atoms with Crippen LogP contribution in [0.25, 0.3) is 27.6 Å². The number of carbonyl (C=O) groups excluding carboxylic acids is 2. The van der Waals surface area contributed by atoms with Crippen LogP contribution < -0.4 is 5.32 Å². The average Bonchev–Trinajstić information content (AvgIpc) is 3.11. The van der Waals surface area contributed by atoms with Crippen molar-refractivity contribution in [2.45, 2.75) is 26.4 Å². The van der Waals surface area contributed by atoms with E-state index < -0.39 is 0 Å². The maximum absolute atomic E-state index is 13.0. The number of amides is 2. The van der Waals surface area contributed by atoms with Gasteiger partial charge in [-0.25, -0.2) is 0 Å². The molecule has 6 heteroatoms. The lowest BCUT2D eigenvalue weighted by Crippen LogP contribution is -2.61. The molecular formula is C30H30ClN3O2. The van der Waals surface area contributed by atoms with E-state index in [1.54, 1.807) is 11.0 Å². The summed E-state index contributed by atoms with van der Waals surface area (Å²) in [6, 6.07) is 14.0. The van der Waals surface area contributed by atoms with Gasteiger partial charge in [0.25, 0.3) is 0 Å². The minimum Gasteiger partial charge on any atom is -0.348 e. The standard InChI is InChI=1S/C30H30ClN3O2/c1-5-8-11-21(6-2)24-12-9-10-13-25(24)30-20(4)34(27-15-14-22(31)16-26(27)30)19-28(35)32-23-17-33(18-23)29(36)7-3/h5-16,23H,1,3,17-19H2,2,4H3,(H,32,35)/b11-8-,21-6+. The molecule has 0 bridgehead atoms. The second-order valence-electron chi connectivity index (χ2n) is 8.80. The highest BCUT2D eigenvalue weighted by Crippen LogP contribution is 2.39. The topological polar surface area (TPSA) is 54.3 Å². The number of rotatable bonds is 8. The molecule has 1 N–H and O–H groups in total. The molecule has 4 rings (SSSR count). The van der Waals surface area contributed by atoms with Gasteiger partial charge in [-0.2, -0.15) is 0 Å². The lowest BCUT2D eigenvalue weighted by atomic mass is 9.92. The third-order valence-corrected chi connectivity index (χ3v) is 6.79. The van der Waals surface area contributed by atoms with Gasteiger partial charge < -0.3 is 14.8 Å². The van der Waals surface area contributed by atoms with Crippen molar-refractivity contribution in [3.05, 3.63) is 102 Å². The molecule has 0 aliphatic carbocycles. The number of halogens is 1. The van der Waals surface area contributed by atoms with E-state index in [4.69, 9.17) is 11.6 Å². The van der Waals surface area contributed by atoms with E-state index in [0.29, 0.717) is 18.1 Å². The van der Waals surface area contributed by atoms with Crippen molar-refractivity contribution in [1.82, 2.24) is 14.8 Å². The number of hydrogen-bond donors (Lipinski definition) is 1. The van der Waals surface area contributed by atoms with Gasteiger partial charge in [0, 0.05) is 40.3 Å². The minimum atomic E-state index is -0.114. The van der Waals surface area contributed by atoms with Crippen LogP contribution in [0.4, 0.5) is 0 Å². The van der Waals surface area contributed by atoms with Crippen LogP contribution in [0.15, 0.2) is 86.0 Å². The molecule has 1 fully saturated rings. The fourth-order valence-electron chi connectivity index (χ4n) is 4.76. The van der Waals surface area contributed by atoms with Gasteiger partial charge in [0.05, 0.1) is 6.04 Å². The maximum atomic E-state index is 13.0. The molecule has 1 aromatic heterocycles. The Kier molecular flexibility index (Phi) is 7.61. The second kappa shape index (κ2) is 10.8. The molecule has 2 amide bonds. The number of nitrogens with one attached hydrogen (secondary N) is 1. The third kappa shape index (κ3) is 4.93. The highest BCUT2D eigenvalue weighted by molar-refractivity contribution is 6.31. The quantitative estimate of drug-likeness (QED) is 0.308. The molecule has 2 heterocycles. The summed E-state index contributed by atoms with van der Waals surface area (Å²) in [4.78, 5) is 26.4. The van der Waals surface area contributed by atoms with Gasteiger partial charge in [-0.15, -0.1) is 0 Å². The number of carbonyl (C=O) groups is 2. The van der Waals surface area contributed by atoms with E-state index in [-0.39, 0.29) is 24.4 Å². The van der Waals surface area contributed by atoms with E-state index in [9.17, 15) is 9.59 Å². The first-order chi connectivity index (χ1) is 17.4. The normalized spacial score (nSPS) is 14.2. The van der Waals surface area contributed by atoms with Crippen LogP contribution in [0.3, 0.4) is 0 Å². The zero-order valence-electron chi connectivity index (χ0n) is 20.6. The third-order valence-electron chi connectivity index (χ3n) is 6.55. The Hall–Kier alpha value is -3.83. The lowest BCUT2D eigenvalue weighted by Gasteiger charge is -2.38. The molecule has 2 aromatic carbocycles. The van der Waals surface area contributed by atoms with Gasteiger partial charge >= 0.3 is 0 Å². The number of nitrogens with zero attached hydrogens (tertiary/aromatic N) is 2. The van der Waals surface area contributed by atoms with Crippen molar-refractivity contribution in [1.29, 1.82) is 0 Å². The Balaban J connectivity index is 1.72. The van der Waals surface area contributed by atoms with Crippen LogP contribution in [-0.2, 0) is 16.1 Å². The summed E-state index contributed by atoms with van der Waals surface area (Å²) in [5, 5.41) is 4.68. The van der Waals surface area contributed by atoms with Gasteiger partial charge in [-0.1, -0.05) is 73.3 Å². The monoisotopic (exact) mass is 499 g/mol. The van der Waals surface area contributed by atoms with Crippen LogP contribution in [0.5, 0.6) is 0 Å². The summed E-state index contributed by atoms with van der Waals surface area (Å²) in [5.41, 5.74) is 6.21. The molecule has 1 saturated heterocycles. The van der Waals surface area contributed by atoms with Gasteiger partial charge in [0.1, 0.15) is 6.54 Å². The van der Waals surface area contributed by atoms with E-state index >= 15 is 0 Å². The molecule has 184 valence electrons. The van der Waals surface area contributed by atoms with Gasteiger partial charge in [0.2, 0.25) is 11.8 Å². The Labute approximate surface area is 217 Å². The van der Waals surface area contributed by atoms with Crippen LogP contribution in [0, 0.1) is 6.92 Å². The fraction of sp³-hybridized carbons (Fsp3) is 0.200. The molecule has 0 saturated carbocycles. The number of hydrogen-bond acceptors (Lipinski definition) is 2. The molecule has 0 radical (unpaired) electrons. The van der Waals surface area contributed by atoms with Crippen LogP contribution >= 0.6 is 11.6 Å². The van der Waals surface area contributed by atoms with Crippen LogP contribution in [-0.4, -0.2) is 40.4 Å². The summed E-state index contributed by atoms with van der Waals surface area (Å²) < 4.78 is 2.04. The van der Waals surface area contributed by atoms with Crippen molar-refractivity contribution >= 4 is 39.9 Å². The summed E-state index contributed by atoms with van der Waals surface area (Å²) in [7, 11) is 0. The minimum absolute atomic E-state index is 0.0490. The molecule has 0 unspecified atom stereocenters. The van der Waals surface area contributed by atoms with Crippen molar-refractivity contribution in [2.24, 2.45) is 0 Å². The number of fused-ring (bicyclic) bond motifs is 1. The molecule has 0 atom stereocenters. The molecule has 36 heavy (non-hydrogen) atoms. The fourth-order valence-corrected chi connectivity index (χ4v) is 4.93. The number of allylic oxidation sites excluding steroid dienone is 5. The number of aromatic nitrogens is 1. The zero-order chi connectivity index (χ0) is 25.8. The summed E-state index contributed by atoms with van der Waals surface area (Å²) in [5.74, 6) is -0.208. The summed E-state index contributed by atoms with van der Waals surface area (Å²) in [6.45, 7) is 12.5. The molecule has 1 aliphatic rings. The van der Waals surface area contributed by atoms with Gasteiger partial charge in [0.15, 0.2) is 0 Å². The second-order valence-corrected chi connectivity index (χ2v) is 9.24. The molecule has 0 spiro atoms. The molecular weight excluding hydrogens is 470 g/mol.